The van der Waals surface area contributed by atoms with Crippen LogP contribution in [0.25, 0.3) is 0 Å². The summed E-state index contributed by atoms with van der Waals surface area (Å²) in [5.41, 5.74) is 8.71. The number of nitrogens with one attached hydrogen (secondary N) is 3. The minimum Gasteiger partial charge on any atom is -0.384 e. The SMILES string of the molecule is CC(C)c1[nH][nH]c(=O)c1Cc1cccc(C(=N)N)c1. The van der Waals surface area contributed by atoms with Crippen LogP contribution in [0, 0.1) is 5.41 Å². The van der Waals surface area contributed by atoms with E-state index in [4.69, 9.17) is 11.1 Å². The van der Waals surface area contributed by atoms with Crippen LogP contribution in [0.4, 0.5) is 0 Å². The molecule has 0 saturated carbocycles. The average molecular weight is 258 g/mol. The first kappa shape index (κ1) is 13.1. The van der Waals surface area contributed by atoms with E-state index in [9.17, 15) is 4.79 Å². The summed E-state index contributed by atoms with van der Waals surface area (Å²) in [4.78, 5) is 11.8. The van der Waals surface area contributed by atoms with E-state index in [1.807, 2.05) is 32.0 Å². The van der Waals surface area contributed by atoms with Crippen LogP contribution in [0.15, 0.2) is 29.1 Å². The number of nitrogens with two attached hydrogens (primary N) is 1. The molecule has 19 heavy (non-hydrogen) atoms. The molecular formula is C14H18N4O. The molecule has 1 aromatic carbocycles. The molecule has 0 amide bonds. The van der Waals surface area contributed by atoms with Gasteiger partial charge >= 0.3 is 0 Å². The summed E-state index contributed by atoms with van der Waals surface area (Å²) in [6.07, 6.45) is 0.535. The van der Waals surface area contributed by atoms with Crippen molar-refractivity contribution in [2.45, 2.75) is 26.2 Å². The van der Waals surface area contributed by atoms with Gasteiger partial charge in [-0.25, -0.2) is 0 Å². The van der Waals surface area contributed by atoms with E-state index < -0.39 is 0 Å². The van der Waals surface area contributed by atoms with Crippen molar-refractivity contribution in [1.29, 1.82) is 5.41 Å². The summed E-state index contributed by atoms with van der Waals surface area (Å²) < 4.78 is 0. The Morgan fingerprint density at radius 3 is 2.74 bits per heavy atom. The highest BCUT2D eigenvalue weighted by molar-refractivity contribution is 5.95. The van der Waals surface area contributed by atoms with Crippen molar-refractivity contribution < 1.29 is 0 Å². The molecule has 0 spiro atoms. The second-order valence-electron chi connectivity index (χ2n) is 4.92. The Morgan fingerprint density at radius 1 is 1.37 bits per heavy atom. The minimum absolute atomic E-state index is 0.0360. The first-order valence-corrected chi connectivity index (χ1v) is 6.21. The van der Waals surface area contributed by atoms with Gasteiger partial charge in [0.05, 0.1) is 0 Å². The summed E-state index contributed by atoms with van der Waals surface area (Å²) in [5.74, 6) is 0.291. The van der Waals surface area contributed by atoms with Gasteiger partial charge in [-0.1, -0.05) is 32.0 Å². The van der Waals surface area contributed by atoms with Crippen LogP contribution >= 0.6 is 0 Å². The molecule has 1 heterocycles. The van der Waals surface area contributed by atoms with Gasteiger partial charge in [-0.2, -0.15) is 0 Å². The fourth-order valence-corrected chi connectivity index (χ4v) is 2.12. The molecule has 0 atom stereocenters. The van der Waals surface area contributed by atoms with Crippen molar-refractivity contribution >= 4 is 5.84 Å². The van der Waals surface area contributed by atoms with E-state index in [-0.39, 0.29) is 17.3 Å². The topological polar surface area (TPSA) is 98.5 Å². The molecule has 0 aliphatic heterocycles. The Balaban J connectivity index is 2.36. The minimum atomic E-state index is -0.0862. The standard InChI is InChI=1S/C14H18N4O/c1-8(2)12-11(14(19)18-17-12)7-9-4-3-5-10(6-9)13(15)16/h3-6,8H,7H2,1-2H3,(H3,15,16)(H2,17,18,19). The molecule has 5 heteroatoms. The van der Waals surface area contributed by atoms with Gasteiger partial charge in [0.2, 0.25) is 0 Å². The third-order valence-electron chi connectivity index (χ3n) is 3.11. The largest absolute Gasteiger partial charge is 0.384 e. The highest BCUT2D eigenvalue weighted by Gasteiger charge is 2.13. The molecule has 2 rings (SSSR count). The van der Waals surface area contributed by atoms with E-state index in [0.717, 1.165) is 16.8 Å². The number of aromatic nitrogens is 2. The number of H-pyrrole nitrogens is 2. The summed E-state index contributed by atoms with van der Waals surface area (Å²) in [6, 6.07) is 7.42. The van der Waals surface area contributed by atoms with Gasteiger partial charge in [0.15, 0.2) is 0 Å². The predicted octanol–water partition coefficient (Wildman–Crippen LogP) is 1.70. The molecule has 0 aliphatic carbocycles. The van der Waals surface area contributed by atoms with Gasteiger partial charge in [0, 0.05) is 23.2 Å². The molecule has 0 unspecified atom stereocenters. The molecule has 0 fully saturated rings. The maximum absolute atomic E-state index is 11.8. The zero-order valence-corrected chi connectivity index (χ0v) is 11.1. The summed E-state index contributed by atoms with van der Waals surface area (Å²) in [7, 11) is 0. The Morgan fingerprint density at radius 2 is 2.11 bits per heavy atom. The summed E-state index contributed by atoms with van der Waals surface area (Å²) in [5, 5.41) is 13.0. The monoisotopic (exact) mass is 258 g/mol. The molecule has 100 valence electrons. The molecule has 2 aromatic rings. The van der Waals surface area contributed by atoms with E-state index in [0.29, 0.717) is 12.0 Å². The summed E-state index contributed by atoms with van der Waals surface area (Å²) >= 11 is 0. The molecular weight excluding hydrogens is 240 g/mol. The lowest BCUT2D eigenvalue weighted by Crippen LogP contribution is -2.12. The van der Waals surface area contributed by atoms with E-state index in [2.05, 4.69) is 10.2 Å². The van der Waals surface area contributed by atoms with Crippen molar-refractivity contribution in [1.82, 2.24) is 10.2 Å². The van der Waals surface area contributed by atoms with Crippen LogP contribution in [0.3, 0.4) is 0 Å². The Labute approximate surface area is 111 Å². The number of nitrogen functional groups attached to an aromatic ring is 1. The number of rotatable bonds is 4. The van der Waals surface area contributed by atoms with Gasteiger partial charge in [-0.05, 0) is 17.5 Å². The van der Waals surface area contributed by atoms with Crippen molar-refractivity contribution in [3.05, 3.63) is 57.0 Å². The fourth-order valence-electron chi connectivity index (χ4n) is 2.12. The highest BCUT2D eigenvalue weighted by Crippen LogP contribution is 2.17. The third-order valence-corrected chi connectivity index (χ3v) is 3.11. The lowest BCUT2D eigenvalue weighted by atomic mass is 9.99. The molecule has 0 saturated heterocycles. The zero-order chi connectivity index (χ0) is 14.0. The van der Waals surface area contributed by atoms with Crippen LogP contribution < -0.4 is 11.3 Å². The van der Waals surface area contributed by atoms with Crippen LogP contribution in [0.5, 0.6) is 0 Å². The Hall–Kier alpha value is -2.30. The van der Waals surface area contributed by atoms with Crippen molar-refractivity contribution in [3.8, 4) is 0 Å². The average Bonchev–Trinajstić information content (AvgIpc) is 2.71. The van der Waals surface area contributed by atoms with Crippen LogP contribution in [0.1, 0.15) is 42.1 Å². The first-order chi connectivity index (χ1) is 8.99. The van der Waals surface area contributed by atoms with Crippen molar-refractivity contribution in [3.63, 3.8) is 0 Å². The smallest absolute Gasteiger partial charge is 0.267 e. The lowest BCUT2D eigenvalue weighted by Gasteiger charge is -2.07. The van der Waals surface area contributed by atoms with Gasteiger partial charge in [-0.15, -0.1) is 0 Å². The number of benzene rings is 1. The lowest BCUT2D eigenvalue weighted by molar-refractivity contribution is 0.799. The van der Waals surface area contributed by atoms with Crippen LogP contribution in [-0.2, 0) is 6.42 Å². The van der Waals surface area contributed by atoms with Gasteiger partial charge in [0.25, 0.3) is 5.56 Å². The fraction of sp³-hybridized carbons (Fsp3) is 0.286. The van der Waals surface area contributed by atoms with Crippen LogP contribution in [0.2, 0.25) is 0 Å². The van der Waals surface area contributed by atoms with E-state index in [1.54, 1.807) is 6.07 Å². The zero-order valence-electron chi connectivity index (χ0n) is 11.1. The maximum Gasteiger partial charge on any atom is 0.267 e. The van der Waals surface area contributed by atoms with Crippen molar-refractivity contribution in [2.75, 3.05) is 0 Å². The highest BCUT2D eigenvalue weighted by atomic mass is 16.1. The molecule has 5 N–H and O–H groups in total. The first-order valence-electron chi connectivity index (χ1n) is 6.21. The molecule has 0 radical (unpaired) electrons. The Bertz CT molecular complexity index is 651. The second kappa shape index (κ2) is 5.14. The number of hydrogen-bond acceptors (Lipinski definition) is 2. The number of hydrogen-bond donors (Lipinski definition) is 4. The predicted molar refractivity (Wildman–Crippen MR) is 75.8 cm³/mol. The number of aromatic amines is 2. The Kier molecular flexibility index (Phi) is 3.55. The molecule has 1 aromatic heterocycles. The van der Waals surface area contributed by atoms with E-state index in [1.165, 1.54) is 0 Å². The second-order valence-corrected chi connectivity index (χ2v) is 4.92. The van der Waals surface area contributed by atoms with Gasteiger partial charge < -0.3 is 10.8 Å². The van der Waals surface area contributed by atoms with Gasteiger partial charge in [0.1, 0.15) is 5.84 Å². The van der Waals surface area contributed by atoms with Crippen molar-refractivity contribution in [2.24, 2.45) is 5.73 Å². The third kappa shape index (κ3) is 2.76. The van der Waals surface area contributed by atoms with Gasteiger partial charge in [-0.3, -0.25) is 15.3 Å². The quantitative estimate of drug-likeness (QED) is 0.496. The maximum atomic E-state index is 11.8. The molecule has 5 nitrogen and oxygen atoms in total. The molecule has 0 bridgehead atoms. The summed E-state index contributed by atoms with van der Waals surface area (Å²) in [6.45, 7) is 4.07. The normalized spacial score (nSPS) is 10.9. The van der Waals surface area contributed by atoms with E-state index >= 15 is 0 Å². The number of amidine groups is 1. The molecule has 0 aliphatic rings. The van der Waals surface area contributed by atoms with Crippen LogP contribution in [-0.4, -0.2) is 16.0 Å².